The highest BCUT2D eigenvalue weighted by Crippen LogP contribution is 2.25. The van der Waals surface area contributed by atoms with Crippen molar-refractivity contribution in [3.8, 4) is 0 Å². The fourth-order valence-corrected chi connectivity index (χ4v) is 2.05. The predicted molar refractivity (Wildman–Crippen MR) is 64.4 cm³/mol. The highest BCUT2D eigenvalue weighted by molar-refractivity contribution is 5.85. The molecule has 0 bridgehead atoms. The van der Waals surface area contributed by atoms with Crippen molar-refractivity contribution in [1.82, 2.24) is 5.32 Å². The molecular weight excluding hydrogens is 229 g/mol. The molecule has 16 heavy (non-hydrogen) atoms. The second-order valence-electron chi connectivity index (χ2n) is 4.17. The second kappa shape index (κ2) is 5.62. The molecule has 1 aromatic carbocycles. The van der Waals surface area contributed by atoms with Gasteiger partial charge in [-0.05, 0) is 31.5 Å². The molecule has 3 atom stereocenters. The van der Waals surface area contributed by atoms with Crippen LogP contribution in [0.4, 0.5) is 4.39 Å². The minimum absolute atomic E-state index is 0. The van der Waals surface area contributed by atoms with E-state index in [0.717, 1.165) is 5.56 Å². The van der Waals surface area contributed by atoms with Crippen molar-refractivity contribution in [3.63, 3.8) is 0 Å². The first-order valence-electron chi connectivity index (χ1n) is 5.30. The van der Waals surface area contributed by atoms with Gasteiger partial charge in [-0.25, -0.2) is 4.39 Å². The largest absolute Gasteiger partial charge is 0.370 e. The summed E-state index contributed by atoms with van der Waals surface area (Å²) >= 11 is 0. The predicted octanol–water partition coefficient (Wildman–Crippen LogP) is 2.69. The lowest BCUT2D eigenvalue weighted by molar-refractivity contribution is -0.0208. The fourth-order valence-electron chi connectivity index (χ4n) is 2.05. The lowest BCUT2D eigenvalue weighted by atomic mass is 10.0. The topological polar surface area (TPSA) is 21.3 Å². The molecule has 1 fully saturated rings. The Morgan fingerprint density at radius 1 is 1.38 bits per heavy atom. The van der Waals surface area contributed by atoms with Gasteiger partial charge in [-0.15, -0.1) is 12.4 Å². The summed E-state index contributed by atoms with van der Waals surface area (Å²) in [4.78, 5) is 0. The van der Waals surface area contributed by atoms with Crippen LogP contribution in [-0.4, -0.2) is 18.7 Å². The molecule has 0 radical (unpaired) electrons. The van der Waals surface area contributed by atoms with Crippen molar-refractivity contribution in [2.24, 2.45) is 0 Å². The van der Waals surface area contributed by atoms with E-state index in [1.54, 1.807) is 12.1 Å². The van der Waals surface area contributed by atoms with Crippen LogP contribution in [0.15, 0.2) is 24.3 Å². The maximum Gasteiger partial charge on any atom is 0.123 e. The molecule has 0 aliphatic carbocycles. The van der Waals surface area contributed by atoms with Crippen molar-refractivity contribution in [2.75, 3.05) is 6.61 Å². The first kappa shape index (κ1) is 13.4. The molecule has 4 heteroatoms. The van der Waals surface area contributed by atoms with Crippen molar-refractivity contribution in [1.29, 1.82) is 0 Å². The molecule has 1 aromatic rings. The zero-order valence-corrected chi connectivity index (χ0v) is 10.3. The van der Waals surface area contributed by atoms with Gasteiger partial charge in [0, 0.05) is 12.1 Å². The van der Waals surface area contributed by atoms with E-state index in [1.807, 2.05) is 6.07 Å². The summed E-state index contributed by atoms with van der Waals surface area (Å²) in [6.07, 6.45) is -0.0445. The number of benzene rings is 1. The molecule has 2 rings (SSSR count). The van der Waals surface area contributed by atoms with Crippen LogP contribution in [0, 0.1) is 5.82 Å². The Morgan fingerprint density at radius 2 is 2.12 bits per heavy atom. The third-order valence-corrected chi connectivity index (χ3v) is 2.70. The summed E-state index contributed by atoms with van der Waals surface area (Å²) in [5.74, 6) is -0.207. The van der Waals surface area contributed by atoms with Gasteiger partial charge < -0.3 is 10.1 Å². The van der Waals surface area contributed by atoms with Gasteiger partial charge >= 0.3 is 0 Å². The number of morpholine rings is 1. The van der Waals surface area contributed by atoms with Crippen LogP contribution in [0.1, 0.15) is 25.5 Å². The van der Waals surface area contributed by atoms with Crippen molar-refractivity contribution >= 4 is 12.4 Å². The van der Waals surface area contributed by atoms with E-state index in [0.29, 0.717) is 12.6 Å². The Bertz CT molecular complexity index is 348. The van der Waals surface area contributed by atoms with E-state index in [4.69, 9.17) is 4.74 Å². The molecule has 0 saturated carbocycles. The maximum atomic E-state index is 13.0. The van der Waals surface area contributed by atoms with Crippen LogP contribution in [0.25, 0.3) is 0 Å². The van der Waals surface area contributed by atoms with E-state index >= 15 is 0 Å². The molecule has 1 aliphatic heterocycles. The summed E-state index contributed by atoms with van der Waals surface area (Å²) in [6.45, 7) is 4.81. The molecule has 0 spiro atoms. The number of ether oxygens (including phenoxy) is 1. The second-order valence-corrected chi connectivity index (χ2v) is 4.17. The Hall–Kier alpha value is -0.640. The first-order chi connectivity index (χ1) is 7.16. The summed E-state index contributed by atoms with van der Waals surface area (Å²) < 4.78 is 18.8. The molecule has 1 saturated heterocycles. The van der Waals surface area contributed by atoms with E-state index < -0.39 is 0 Å². The monoisotopic (exact) mass is 245 g/mol. The maximum absolute atomic E-state index is 13.0. The normalized spacial score (nSPS) is 29.6. The van der Waals surface area contributed by atoms with E-state index in [1.165, 1.54) is 6.07 Å². The SMILES string of the molecule is CC1CO[C@@H](c2cccc(F)c2)C(C)N1.Cl. The van der Waals surface area contributed by atoms with E-state index in [9.17, 15) is 4.39 Å². The van der Waals surface area contributed by atoms with Crippen LogP contribution in [-0.2, 0) is 4.74 Å². The van der Waals surface area contributed by atoms with Gasteiger partial charge in [-0.1, -0.05) is 12.1 Å². The fraction of sp³-hybridized carbons (Fsp3) is 0.500. The Morgan fingerprint density at radius 3 is 2.75 bits per heavy atom. The lowest BCUT2D eigenvalue weighted by Gasteiger charge is -2.34. The minimum atomic E-state index is -0.207. The first-order valence-corrected chi connectivity index (χ1v) is 5.30. The number of nitrogens with one attached hydrogen (secondary N) is 1. The summed E-state index contributed by atoms with van der Waals surface area (Å²) in [7, 11) is 0. The van der Waals surface area contributed by atoms with Crippen molar-refractivity contribution < 1.29 is 9.13 Å². The highest BCUT2D eigenvalue weighted by atomic mass is 35.5. The third-order valence-electron chi connectivity index (χ3n) is 2.70. The van der Waals surface area contributed by atoms with E-state index in [-0.39, 0.29) is 30.4 Å². The summed E-state index contributed by atoms with van der Waals surface area (Å²) in [5, 5.41) is 3.40. The van der Waals surface area contributed by atoms with Crippen molar-refractivity contribution in [3.05, 3.63) is 35.6 Å². The van der Waals surface area contributed by atoms with E-state index in [2.05, 4.69) is 19.2 Å². The van der Waals surface area contributed by atoms with Crippen LogP contribution >= 0.6 is 12.4 Å². The Labute approximate surface area is 102 Å². The van der Waals surface area contributed by atoms with Crippen LogP contribution in [0.5, 0.6) is 0 Å². The van der Waals surface area contributed by atoms with Gasteiger partial charge in [0.05, 0.1) is 12.7 Å². The summed E-state index contributed by atoms with van der Waals surface area (Å²) in [5.41, 5.74) is 0.905. The lowest BCUT2D eigenvalue weighted by Crippen LogP contribution is -2.47. The average molecular weight is 246 g/mol. The number of hydrogen-bond acceptors (Lipinski definition) is 2. The molecule has 0 aromatic heterocycles. The van der Waals surface area contributed by atoms with Crippen LogP contribution in [0.2, 0.25) is 0 Å². The van der Waals surface area contributed by atoms with Crippen molar-refractivity contribution in [2.45, 2.75) is 32.0 Å². The molecule has 1 N–H and O–H groups in total. The number of halogens is 2. The third kappa shape index (κ3) is 2.94. The van der Waals surface area contributed by atoms with Gasteiger partial charge in [0.1, 0.15) is 5.82 Å². The Balaban J connectivity index is 0.00000128. The molecule has 1 heterocycles. The van der Waals surface area contributed by atoms with Crippen LogP contribution < -0.4 is 5.32 Å². The van der Waals surface area contributed by atoms with Gasteiger partial charge in [-0.3, -0.25) is 0 Å². The number of rotatable bonds is 1. The zero-order chi connectivity index (χ0) is 10.8. The molecule has 2 unspecified atom stereocenters. The van der Waals surface area contributed by atoms with Gasteiger partial charge in [0.2, 0.25) is 0 Å². The molecule has 2 nitrogen and oxygen atoms in total. The quantitative estimate of drug-likeness (QED) is 0.822. The minimum Gasteiger partial charge on any atom is -0.370 e. The summed E-state index contributed by atoms with van der Waals surface area (Å²) in [6, 6.07) is 7.20. The zero-order valence-electron chi connectivity index (χ0n) is 9.44. The van der Waals surface area contributed by atoms with Gasteiger partial charge in [0.25, 0.3) is 0 Å². The highest BCUT2D eigenvalue weighted by Gasteiger charge is 2.26. The molecule has 1 aliphatic rings. The van der Waals surface area contributed by atoms with Gasteiger partial charge in [-0.2, -0.15) is 0 Å². The average Bonchev–Trinajstić information content (AvgIpc) is 2.17. The molecule has 90 valence electrons. The molecule has 0 amide bonds. The Kier molecular flexibility index (Phi) is 4.71. The smallest absolute Gasteiger partial charge is 0.123 e. The standard InChI is InChI=1S/C12H16FNO.ClH/c1-8-7-15-12(9(2)14-8)10-4-3-5-11(13)6-10;/h3-6,8-9,12,14H,7H2,1-2H3;1H/t8?,9?,12-;/m1./s1. The van der Waals surface area contributed by atoms with Gasteiger partial charge in [0.15, 0.2) is 0 Å². The van der Waals surface area contributed by atoms with Crippen LogP contribution in [0.3, 0.4) is 0 Å². The molecular formula is C12H17ClFNO. The number of hydrogen-bond donors (Lipinski definition) is 1.